The first kappa shape index (κ1) is 14.4. The minimum Gasteiger partial charge on any atom is -0.384 e. The quantitative estimate of drug-likeness (QED) is 0.887. The highest BCUT2D eigenvalue weighted by Gasteiger charge is 2.28. The van der Waals surface area contributed by atoms with Crippen molar-refractivity contribution in [3.8, 4) is 0 Å². The van der Waals surface area contributed by atoms with Crippen LogP contribution in [-0.4, -0.2) is 9.55 Å². The van der Waals surface area contributed by atoms with Crippen molar-refractivity contribution in [1.82, 2.24) is 9.55 Å². The van der Waals surface area contributed by atoms with E-state index in [1.54, 1.807) is 0 Å². The summed E-state index contributed by atoms with van der Waals surface area (Å²) in [6.45, 7) is 8.88. The Balaban J connectivity index is 2.42. The zero-order valence-electron chi connectivity index (χ0n) is 13.0. The fourth-order valence-electron chi connectivity index (χ4n) is 3.26. The van der Waals surface area contributed by atoms with Gasteiger partial charge in [-0.2, -0.15) is 0 Å². The molecule has 0 spiro atoms. The molecule has 2 N–H and O–H groups in total. The maximum absolute atomic E-state index is 6.38. The van der Waals surface area contributed by atoms with Crippen molar-refractivity contribution in [1.29, 1.82) is 0 Å². The second-order valence-corrected chi connectivity index (χ2v) is 6.89. The van der Waals surface area contributed by atoms with Gasteiger partial charge in [-0.25, -0.2) is 4.98 Å². The van der Waals surface area contributed by atoms with E-state index in [0.29, 0.717) is 5.92 Å². The second-order valence-electron chi connectivity index (χ2n) is 6.89. The summed E-state index contributed by atoms with van der Waals surface area (Å²) >= 11 is 0. The van der Waals surface area contributed by atoms with Crippen LogP contribution in [-0.2, 0) is 12.0 Å². The summed E-state index contributed by atoms with van der Waals surface area (Å²) in [5.41, 5.74) is 7.52. The molecule has 0 aliphatic heterocycles. The van der Waals surface area contributed by atoms with E-state index >= 15 is 0 Å². The summed E-state index contributed by atoms with van der Waals surface area (Å²) in [4.78, 5) is 4.93. The molecule has 0 unspecified atom stereocenters. The minimum absolute atomic E-state index is 0.0237. The maximum Gasteiger partial charge on any atom is 0.127 e. The Labute approximate surface area is 117 Å². The standard InChI is InChI=1S/C16H29N3/c1-5-9-13-14(17)19(16(2,3)4)15(18-13)12-10-7-6-8-11-12/h12H,5-11,17H2,1-4H3. The van der Waals surface area contributed by atoms with Crippen LogP contribution in [0, 0.1) is 0 Å². The molecule has 1 heterocycles. The van der Waals surface area contributed by atoms with Gasteiger partial charge in [-0.1, -0.05) is 32.6 Å². The highest BCUT2D eigenvalue weighted by Crippen LogP contribution is 2.36. The number of aryl methyl sites for hydroxylation is 1. The van der Waals surface area contributed by atoms with Crippen LogP contribution in [0.4, 0.5) is 5.82 Å². The van der Waals surface area contributed by atoms with Crippen molar-refractivity contribution in [2.24, 2.45) is 0 Å². The predicted octanol–water partition coefficient (Wildman–Crippen LogP) is 4.22. The zero-order valence-corrected chi connectivity index (χ0v) is 13.0. The van der Waals surface area contributed by atoms with Crippen LogP contribution in [0.15, 0.2) is 0 Å². The first-order valence-corrected chi connectivity index (χ1v) is 7.82. The SMILES string of the molecule is CCCc1nc(C2CCCCC2)n(C(C)(C)C)c1N. The molecule has 1 saturated carbocycles. The van der Waals surface area contributed by atoms with Gasteiger partial charge >= 0.3 is 0 Å². The highest BCUT2D eigenvalue weighted by molar-refractivity contribution is 5.40. The molecule has 19 heavy (non-hydrogen) atoms. The summed E-state index contributed by atoms with van der Waals surface area (Å²) in [6.07, 6.45) is 8.71. The zero-order chi connectivity index (χ0) is 14.0. The molecule has 1 aromatic heterocycles. The Morgan fingerprint density at radius 1 is 1.21 bits per heavy atom. The van der Waals surface area contributed by atoms with Crippen LogP contribution in [0.5, 0.6) is 0 Å². The smallest absolute Gasteiger partial charge is 0.127 e. The topological polar surface area (TPSA) is 43.8 Å². The molecule has 0 amide bonds. The minimum atomic E-state index is 0.0237. The molecule has 2 rings (SSSR count). The summed E-state index contributed by atoms with van der Waals surface area (Å²) in [6, 6.07) is 0. The average Bonchev–Trinajstić information content (AvgIpc) is 2.68. The molecule has 1 aliphatic rings. The Morgan fingerprint density at radius 2 is 1.84 bits per heavy atom. The monoisotopic (exact) mass is 263 g/mol. The van der Waals surface area contributed by atoms with E-state index in [0.717, 1.165) is 24.4 Å². The van der Waals surface area contributed by atoms with Crippen LogP contribution < -0.4 is 5.73 Å². The number of hydrogen-bond acceptors (Lipinski definition) is 2. The Bertz CT molecular complexity index is 420. The van der Waals surface area contributed by atoms with Crippen molar-refractivity contribution >= 4 is 5.82 Å². The number of hydrogen-bond donors (Lipinski definition) is 1. The first-order chi connectivity index (χ1) is 8.95. The van der Waals surface area contributed by atoms with Gasteiger partial charge in [0.1, 0.15) is 11.6 Å². The third-order valence-corrected chi connectivity index (χ3v) is 4.14. The number of rotatable bonds is 3. The Morgan fingerprint density at radius 3 is 2.37 bits per heavy atom. The van der Waals surface area contributed by atoms with Gasteiger partial charge in [0.25, 0.3) is 0 Å². The van der Waals surface area contributed by atoms with Crippen LogP contribution in [0.2, 0.25) is 0 Å². The van der Waals surface area contributed by atoms with Gasteiger partial charge in [0.05, 0.1) is 5.69 Å². The van der Waals surface area contributed by atoms with E-state index in [1.807, 2.05) is 0 Å². The van der Waals surface area contributed by atoms with Crippen LogP contribution in [0.3, 0.4) is 0 Å². The summed E-state index contributed by atoms with van der Waals surface area (Å²) < 4.78 is 2.30. The molecule has 3 nitrogen and oxygen atoms in total. The summed E-state index contributed by atoms with van der Waals surface area (Å²) in [5, 5.41) is 0. The molecule has 3 heteroatoms. The van der Waals surface area contributed by atoms with Gasteiger partial charge in [0.15, 0.2) is 0 Å². The van der Waals surface area contributed by atoms with E-state index in [9.17, 15) is 0 Å². The van der Waals surface area contributed by atoms with E-state index < -0.39 is 0 Å². The van der Waals surface area contributed by atoms with Crippen LogP contribution >= 0.6 is 0 Å². The molecule has 1 aromatic rings. The molecule has 0 aromatic carbocycles. The van der Waals surface area contributed by atoms with Gasteiger partial charge < -0.3 is 10.3 Å². The molecular weight excluding hydrogens is 234 g/mol. The Hall–Kier alpha value is -0.990. The average molecular weight is 263 g/mol. The maximum atomic E-state index is 6.38. The first-order valence-electron chi connectivity index (χ1n) is 7.82. The molecule has 1 fully saturated rings. The summed E-state index contributed by atoms with van der Waals surface area (Å²) in [7, 11) is 0. The van der Waals surface area contributed by atoms with Gasteiger partial charge in [-0.15, -0.1) is 0 Å². The fourth-order valence-corrected chi connectivity index (χ4v) is 3.26. The van der Waals surface area contributed by atoms with Crippen molar-refractivity contribution in [2.75, 3.05) is 5.73 Å². The number of nitrogen functional groups attached to an aromatic ring is 1. The van der Waals surface area contributed by atoms with E-state index in [1.165, 1.54) is 37.9 Å². The molecule has 1 aliphatic carbocycles. The molecule has 0 bridgehead atoms. The number of aromatic nitrogens is 2. The van der Waals surface area contributed by atoms with Crippen molar-refractivity contribution < 1.29 is 0 Å². The normalized spacial score (nSPS) is 17.9. The lowest BCUT2D eigenvalue weighted by Crippen LogP contribution is -2.27. The molecular formula is C16H29N3. The Kier molecular flexibility index (Phi) is 4.22. The molecule has 0 saturated heterocycles. The third-order valence-electron chi connectivity index (χ3n) is 4.14. The molecule has 0 radical (unpaired) electrons. The van der Waals surface area contributed by atoms with Crippen LogP contribution in [0.25, 0.3) is 0 Å². The van der Waals surface area contributed by atoms with Crippen molar-refractivity contribution in [2.45, 2.75) is 84.1 Å². The lowest BCUT2D eigenvalue weighted by Gasteiger charge is -2.29. The van der Waals surface area contributed by atoms with E-state index in [2.05, 4.69) is 32.3 Å². The predicted molar refractivity (Wildman–Crippen MR) is 81.5 cm³/mol. The number of imidazole rings is 1. The van der Waals surface area contributed by atoms with Crippen LogP contribution in [0.1, 0.15) is 83.7 Å². The number of anilines is 1. The second kappa shape index (κ2) is 5.56. The van der Waals surface area contributed by atoms with E-state index in [4.69, 9.17) is 10.7 Å². The highest BCUT2D eigenvalue weighted by atomic mass is 15.2. The van der Waals surface area contributed by atoms with Crippen molar-refractivity contribution in [3.05, 3.63) is 11.5 Å². The molecule has 108 valence electrons. The van der Waals surface area contributed by atoms with Gasteiger partial charge in [0, 0.05) is 11.5 Å². The van der Waals surface area contributed by atoms with Gasteiger partial charge in [0.2, 0.25) is 0 Å². The van der Waals surface area contributed by atoms with Crippen molar-refractivity contribution in [3.63, 3.8) is 0 Å². The number of nitrogens with two attached hydrogens (primary N) is 1. The lowest BCUT2D eigenvalue weighted by molar-refractivity contribution is 0.349. The fraction of sp³-hybridized carbons (Fsp3) is 0.812. The van der Waals surface area contributed by atoms with E-state index in [-0.39, 0.29) is 5.54 Å². The molecule has 0 atom stereocenters. The van der Waals surface area contributed by atoms with Gasteiger partial charge in [-0.3, -0.25) is 0 Å². The summed E-state index contributed by atoms with van der Waals surface area (Å²) in [5.74, 6) is 2.75. The number of nitrogens with zero attached hydrogens (tertiary/aromatic N) is 2. The third kappa shape index (κ3) is 2.96. The lowest BCUT2D eigenvalue weighted by atomic mass is 9.88. The largest absolute Gasteiger partial charge is 0.384 e. The van der Waals surface area contributed by atoms with Gasteiger partial charge in [-0.05, 0) is 40.0 Å².